The van der Waals surface area contributed by atoms with E-state index in [9.17, 15) is 0 Å². The van der Waals surface area contributed by atoms with E-state index in [1.54, 1.807) is 0 Å². The Bertz CT molecular complexity index is 648. The van der Waals surface area contributed by atoms with Crippen molar-refractivity contribution in [1.82, 2.24) is 10.3 Å². The van der Waals surface area contributed by atoms with E-state index in [1.165, 1.54) is 18.4 Å². The molecule has 0 radical (unpaired) electrons. The first kappa shape index (κ1) is 14.1. The maximum Gasteiger partial charge on any atom is 0.0910 e. The van der Waals surface area contributed by atoms with Crippen LogP contribution in [0.1, 0.15) is 43.9 Å². The minimum absolute atomic E-state index is 0.370. The van der Waals surface area contributed by atoms with Gasteiger partial charge in [-0.3, -0.25) is 4.98 Å². The van der Waals surface area contributed by atoms with Crippen molar-refractivity contribution in [3.8, 4) is 0 Å². The van der Waals surface area contributed by atoms with E-state index in [-0.39, 0.29) is 0 Å². The van der Waals surface area contributed by atoms with Crippen molar-refractivity contribution in [2.24, 2.45) is 0 Å². The summed E-state index contributed by atoms with van der Waals surface area (Å²) < 4.78 is 0. The van der Waals surface area contributed by atoms with E-state index in [0.717, 1.165) is 23.1 Å². The molecule has 20 heavy (non-hydrogen) atoms. The molecule has 0 amide bonds. The third-order valence-corrected chi connectivity index (χ3v) is 4.52. The molecule has 4 heteroatoms. The van der Waals surface area contributed by atoms with Gasteiger partial charge in [-0.15, -0.1) is 0 Å². The molecule has 106 valence electrons. The second-order valence-electron chi connectivity index (χ2n) is 5.77. The molecule has 2 aromatic rings. The molecule has 0 atom stereocenters. The predicted molar refractivity (Wildman–Crippen MR) is 85.7 cm³/mol. The first-order valence-corrected chi connectivity index (χ1v) is 7.82. The van der Waals surface area contributed by atoms with Gasteiger partial charge in [-0.25, -0.2) is 0 Å². The van der Waals surface area contributed by atoms with Crippen molar-refractivity contribution in [2.75, 3.05) is 0 Å². The Kier molecular flexibility index (Phi) is 3.89. The number of fused-ring (bicyclic) bond motifs is 1. The average molecular weight is 309 g/mol. The number of hydrogen-bond acceptors (Lipinski definition) is 2. The molecule has 1 fully saturated rings. The first-order valence-electron chi connectivity index (χ1n) is 7.07. The van der Waals surface area contributed by atoms with Crippen molar-refractivity contribution in [1.29, 1.82) is 0 Å². The summed E-state index contributed by atoms with van der Waals surface area (Å²) in [5, 5.41) is 5.77. The molecule has 0 bridgehead atoms. The van der Waals surface area contributed by atoms with E-state index in [2.05, 4.69) is 25.2 Å². The first-order chi connectivity index (χ1) is 9.56. The fraction of sp³-hybridized carbons (Fsp3) is 0.438. The largest absolute Gasteiger partial charge is 0.310 e. The third kappa shape index (κ3) is 2.78. The lowest BCUT2D eigenvalue weighted by molar-refractivity contribution is 0.688. The van der Waals surface area contributed by atoms with Crippen LogP contribution in [0.5, 0.6) is 0 Å². The third-order valence-electron chi connectivity index (χ3n) is 3.73. The molecule has 0 aliphatic heterocycles. The van der Waals surface area contributed by atoms with E-state index < -0.39 is 0 Å². The molecule has 0 saturated heterocycles. The van der Waals surface area contributed by atoms with Gasteiger partial charge in [0, 0.05) is 23.7 Å². The molecule has 1 aliphatic carbocycles. The van der Waals surface area contributed by atoms with Gasteiger partial charge in [0.25, 0.3) is 0 Å². The van der Waals surface area contributed by atoms with Crippen LogP contribution in [0.2, 0.25) is 10.0 Å². The lowest BCUT2D eigenvalue weighted by Gasteiger charge is -2.13. The second-order valence-corrected chi connectivity index (χ2v) is 6.56. The van der Waals surface area contributed by atoms with Crippen LogP contribution in [-0.4, -0.2) is 11.0 Å². The number of hydrogen-bond donors (Lipinski definition) is 1. The molecule has 0 unspecified atom stereocenters. The zero-order chi connectivity index (χ0) is 14.3. The molecular formula is C16H18Cl2N2. The predicted octanol–water partition coefficient (Wildman–Crippen LogP) is 4.92. The number of pyridine rings is 1. The number of rotatable bonds is 4. The van der Waals surface area contributed by atoms with Gasteiger partial charge in [0.05, 0.1) is 15.6 Å². The lowest BCUT2D eigenvalue weighted by Crippen LogP contribution is -2.16. The van der Waals surface area contributed by atoms with Crippen LogP contribution in [0, 0.1) is 0 Å². The quantitative estimate of drug-likeness (QED) is 0.867. The molecule has 1 N–H and O–H groups in total. The highest BCUT2D eigenvalue weighted by Gasteiger charge is 2.21. The molecular weight excluding hydrogens is 291 g/mol. The fourth-order valence-corrected chi connectivity index (χ4v) is 2.67. The summed E-state index contributed by atoms with van der Waals surface area (Å²) in [6.07, 6.45) is 2.57. The minimum atomic E-state index is 0.370. The summed E-state index contributed by atoms with van der Waals surface area (Å²) in [6, 6.07) is 6.74. The molecule has 1 aromatic heterocycles. The maximum atomic E-state index is 6.33. The van der Waals surface area contributed by atoms with Gasteiger partial charge in [-0.1, -0.05) is 43.1 Å². The summed E-state index contributed by atoms with van der Waals surface area (Å²) in [6.45, 7) is 5.15. The minimum Gasteiger partial charge on any atom is -0.310 e. The Morgan fingerprint density at radius 1 is 1.30 bits per heavy atom. The highest BCUT2D eigenvalue weighted by Crippen LogP contribution is 2.33. The number of nitrogens with one attached hydrogen (secondary N) is 1. The Morgan fingerprint density at radius 3 is 2.70 bits per heavy atom. The van der Waals surface area contributed by atoms with Gasteiger partial charge in [-0.05, 0) is 36.5 Å². The Balaban J connectivity index is 2.11. The van der Waals surface area contributed by atoms with Crippen molar-refractivity contribution < 1.29 is 0 Å². The molecule has 1 aromatic carbocycles. The SMILES string of the molecule is CC(C)c1cc(CNC2CC2)c2ccc(Cl)c(Cl)c2n1. The van der Waals surface area contributed by atoms with Crippen molar-refractivity contribution in [2.45, 2.75) is 45.2 Å². The second kappa shape index (κ2) is 5.51. The zero-order valence-corrected chi connectivity index (χ0v) is 13.2. The Labute approximate surface area is 129 Å². The Hall–Kier alpha value is -0.830. The van der Waals surface area contributed by atoms with Gasteiger partial charge >= 0.3 is 0 Å². The van der Waals surface area contributed by atoms with Crippen LogP contribution in [0.25, 0.3) is 10.9 Å². The summed E-state index contributed by atoms with van der Waals surface area (Å²) >= 11 is 12.5. The van der Waals surface area contributed by atoms with Crippen LogP contribution in [0.4, 0.5) is 0 Å². The summed E-state index contributed by atoms with van der Waals surface area (Å²) in [7, 11) is 0. The highest BCUT2D eigenvalue weighted by atomic mass is 35.5. The monoisotopic (exact) mass is 308 g/mol. The fourth-order valence-electron chi connectivity index (χ4n) is 2.31. The smallest absolute Gasteiger partial charge is 0.0910 e. The summed E-state index contributed by atoms with van der Waals surface area (Å²) in [4.78, 5) is 4.69. The molecule has 1 heterocycles. The van der Waals surface area contributed by atoms with Gasteiger partial charge in [0.15, 0.2) is 0 Å². The van der Waals surface area contributed by atoms with Crippen LogP contribution >= 0.6 is 23.2 Å². The van der Waals surface area contributed by atoms with Gasteiger partial charge in [-0.2, -0.15) is 0 Å². The summed E-state index contributed by atoms with van der Waals surface area (Å²) in [5.41, 5.74) is 3.14. The number of halogens is 2. The van der Waals surface area contributed by atoms with Crippen LogP contribution in [0.3, 0.4) is 0 Å². The van der Waals surface area contributed by atoms with Crippen LogP contribution < -0.4 is 5.32 Å². The number of nitrogens with zero attached hydrogens (tertiary/aromatic N) is 1. The molecule has 1 aliphatic rings. The number of benzene rings is 1. The highest BCUT2D eigenvalue weighted by molar-refractivity contribution is 6.45. The van der Waals surface area contributed by atoms with E-state index in [4.69, 9.17) is 28.2 Å². The maximum absolute atomic E-state index is 6.33. The van der Waals surface area contributed by atoms with E-state index in [1.807, 2.05) is 12.1 Å². The van der Waals surface area contributed by atoms with Crippen molar-refractivity contribution in [3.05, 3.63) is 39.5 Å². The van der Waals surface area contributed by atoms with Crippen LogP contribution in [-0.2, 0) is 6.54 Å². The van der Waals surface area contributed by atoms with Gasteiger partial charge in [0.2, 0.25) is 0 Å². The van der Waals surface area contributed by atoms with Crippen molar-refractivity contribution in [3.63, 3.8) is 0 Å². The average Bonchev–Trinajstić information content (AvgIpc) is 3.24. The van der Waals surface area contributed by atoms with E-state index >= 15 is 0 Å². The van der Waals surface area contributed by atoms with Crippen molar-refractivity contribution >= 4 is 34.1 Å². The summed E-state index contributed by atoms with van der Waals surface area (Å²) in [5.74, 6) is 0.370. The molecule has 0 spiro atoms. The van der Waals surface area contributed by atoms with E-state index in [0.29, 0.717) is 22.0 Å². The standard InChI is InChI=1S/C16H18Cl2N2/c1-9(2)14-7-10(8-19-11-3-4-11)12-5-6-13(17)15(18)16(12)20-14/h5-7,9,11,19H,3-4,8H2,1-2H3. The zero-order valence-electron chi connectivity index (χ0n) is 11.7. The molecule has 1 saturated carbocycles. The van der Waals surface area contributed by atoms with Crippen LogP contribution in [0.15, 0.2) is 18.2 Å². The number of aromatic nitrogens is 1. The van der Waals surface area contributed by atoms with Gasteiger partial charge < -0.3 is 5.32 Å². The lowest BCUT2D eigenvalue weighted by atomic mass is 10.0. The van der Waals surface area contributed by atoms with Gasteiger partial charge in [0.1, 0.15) is 0 Å². The normalized spacial score (nSPS) is 15.2. The Morgan fingerprint density at radius 2 is 2.05 bits per heavy atom. The molecule has 2 nitrogen and oxygen atoms in total. The topological polar surface area (TPSA) is 24.9 Å². The molecule has 3 rings (SSSR count).